The van der Waals surface area contributed by atoms with Gasteiger partial charge in [-0.3, -0.25) is 0 Å². The predicted octanol–water partition coefficient (Wildman–Crippen LogP) is 3.48. The summed E-state index contributed by atoms with van der Waals surface area (Å²) >= 11 is 5.84. The fourth-order valence-electron chi connectivity index (χ4n) is 1.63. The molecule has 16 heavy (non-hydrogen) atoms. The zero-order chi connectivity index (χ0) is 11.7. The standard InChI is InChI=1S/C13H13ClN2/c1-8-12(15)7-6-11(13(8)16)9-2-4-10(14)5-3-9/h2-7H,15-16H2,1H3. The van der Waals surface area contributed by atoms with Gasteiger partial charge in [-0.15, -0.1) is 0 Å². The van der Waals surface area contributed by atoms with Crippen molar-refractivity contribution >= 4 is 23.0 Å². The molecule has 0 fully saturated rings. The van der Waals surface area contributed by atoms with E-state index in [9.17, 15) is 0 Å². The molecular weight excluding hydrogens is 220 g/mol. The van der Waals surface area contributed by atoms with Crippen LogP contribution in [0.2, 0.25) is 5.02 Å². The minimum Gasteiger partial charge on any atom is -0.398 e. The number of hydrogen-bond acceptors (Lipinski definition) is 2. The second-order valence-corrected chi connectivity index (χ2v) is 4.18. The van der Waals surface area contributed by atoms with Gasteiger partial charge in [0.2, 0.25) is 0 Å². The first-order valence-electron chi connectivity index (χ1n) is 5.00. The van der Waals surface area contributed by atoms with Crippen molar-refractivity contribution in [2.75, 3.05) is 11.5 Å². The van der Waals surface area contributed by atoms with Gasteiger partial charge >= 0.3 is 0 Å². The van der Waals surface area contributed by atoms with E-state index in [2.05, 4.69) is 0 Å². The van der Waals surface area contributed by atoms with E-state index in [1.807, 2.05) is 43.3 Å². The van der Waals surface area contributed by atoms with Gasteiger partial charge in [0, 0.05) is 22.0 Å². The smallest absolute Gasteiger partial charge is 0.0444 e. The summed E-state index contributed by atoms with van der Waals surface area (Å²) in [6.07, 6.45) is 0. The summed E-state index contributed by atoms with van der Waals surface area (Å²) in [6.45, 7) is 1.92. The van der Waals surface area contributed by atoms with Gasteiger partial charge in [-0.2, -0.15) is 0 Å². The topological polar surface area (TPSA) is 52.0 Å². The van der Waals surface area contributed by atoms with Crippen molar-refractivity contribution in [3.63, 3.8) is 0 Å². The van der Waals surface area contributed by atoms with E-state index >= 15 is 0 Å². The summed E-state index contributed by atoms with van der Waals surface area (Å²) in [4.78, 5) is 0. The Morgan fingerprint density at radius 1 is 0.938 bits per heavy atom. The fraction of sp³-hybridized carbons (Fsp3) is 0.0769. The maximum Gasteiger partial charge on any atom is 0.0444 e. The lowest BCUT2D eigenvalue weighted by Gasteiger charge is -2.10. The Labute approximate surface area is 99.8 Å². The molecule has 0 saturated heterocycles. The highest BCUT2D eigenvalue weighted by Crippen LogP contribution is 2.31. The van der Waals surface area contributed by atoms with Crippen molar-refractivity contribution < 1.29 is 0 Å². The van der Waals surface area contributed by atoms with Crippen molar-refractivity contribution in [1.29, 1.82) is 0 Å². The van der Waals surface area contributed by atoms with Crippen LogP contribution in [-0.2, 0) is 0 Å². The van der Waals surface area contributed by atoms with Crippen molar-refractivity contribution in [2.45, 2.75) is 6.92 Å². The normalized spacial score (nSPS) is 10.4. The maximum atomic E-state index is 6.04. The summed E-state index contributed by atoms with van der Waals surface area (Å²) in [6, 6.07) is 11.4. The number of hydrogen-bond donors (Lipinski definition) is 2. The molecule has 0 unspecified atom stereocenters. The molecule has 0 aliphatic heterocycles. The summed E-state index contributed by atoms with van der Waals surface area (Å²) in [5.74, 6) is 0. The van der Waals surface area contributed by atoms with Crippen LogP contribution in [0.15, 0.2) is 36.4 Å². The average Bonchev–Trinajstić information content (AvgIpc) is 2.28. The molecule has 0 spiro atoms. The molecule has 0 amide bonds. The SMILES string of the molecule is Cc1c(N)ccc(-c2ccc(Cl)cc2)c1N. The van der Waals surface area contributed by atoms with Crippen molar-refractivity contribution in [2.24, 2.45) is 0 Å². The molecule has 2 nitrogen and oxygen atoms in total. The maximum absolute atomic E-state index is 6.04. The molecule has 0 aliphatic carbocycles. The minimum absolute atomic E-state index is 0.717. The molecule has 0 aliphatic rings. The van der Waals surface area contributed by atoms with Crippen molar-refractivity contribution in [3.8, 4) is 11.1 Å². The monoisotopic (exact) mass is 232 g/mol. The van der Waals surface area contributed by atoms with Gasteiger partial charge in [0.1, 0.15) is 0 Å². The van der Waals surface area contributed by atoms with E-state index in [0.29, 0.717) is 0 Å². The molecule has 0 heterocycles. The van der Waals surface area contributed by atoms with Gasteiger partial charge in [0.05, 0.1) is 0 Å². The quantitative estimate of drug-likeness (QED) is 0.740. The molecule has 0 bridgehead atoms. The highest BCUT2D eigenvalue weighted by atomic mass is 35.5. The van der Waals surface area contributed by atoms with Crippen LogP contribution in [0.3, 0.4) is 0 Å². The fourth-order valence-corrected chi connectivity index (χ4v) is 1.75. The lowest BCUT2D eigenvalue weighted by Crippen LogP contribution is -1.98. The molecule has 3 heteroatoms. The Kier molecular flexibility index (Phi) is 2.75. The summed E-state index contributed by atoms with van der Waals surface area (Å²) in [7, 11) is 0. The highest BCUT2D eigenvalue weighted by Gasteiger charge is 2.06. The molecule has 0 aromatic heterocycles. The Morgan fingerprint density at radius 3 is 2.19 bits per heavy atom. The van der Waals surface area contributed by atoms with E-state index in [4.69, 9.17) is 23.1 Å². The summed E-state index contributed by atoms with van der Waals surface area (Å²) in [5, 5.41) is 0.717. The van der Waals surface area contributed by atoms with Crippen LogP contribution in [0.5, 0.6) is 0 Å². The largest absolute Gasteiger partial charge is 0.398 e. The summed E-state index contributed by atoms with van der Waals surface area (Å²) in [5.41, 5.74) is 16.2. The van der Waals surface area contributed by atoms with Crippen LogP contribution in [-0.4, -0.2) is 0 Å². The van der Waals surface area contributed by atoms with Crippen molar-refractivity contribution in [1.82, 2.24) is 0 Å². The van der Waals surface area contributed by atoms with Crippen molar-refractivity contribution in [3.05, 3.63) is 47.0 Å². The number of halogens is 1. The molecule has 0 saturated carbocycles. The molecular formula is C13H13ClN2. The molecule has 2 aromatic rings. The zero-order valence-corrected chi connectivity index (χ0v) is 9.75. The van der Waals surface area contributed by atoms with Gasteiger partial charge in [-0.1, -0.05) is 29.8 Å². The Morgan fingerprint density at radius 2 is 1.56 bits per heavy atom. The summed E-state index contributed by atoms with van der Waals surface area (Å²) < 4.78 is 0. The number of rotatable bonds is 1. The molecule has 82 valence electrons. The zero-order valence-electron chi connectivity index (χ0n) is 9.00. The van der Waals surface area contributed by atoms with Gasteiger partial charge in [0.25, 0.3) is 0 Å². The first kappa shape index (κ1) is 10.8. The van der Waals surface area contributed by atoms with Gasteiger partial charge in [0.15, 0.2) is 0 Å². The van der Waals surface area contributed by atoms with E-state index < -0.39 is 0 Å². The second kappa shape index (κ2) is 4.06. The third-order valence-electron chi connectivity index (χ3n) is 2.71. The van der Waals surface area contributed by atoms with E-state index in [1.165, 1.54) is 0 Å². The predicted molar refractivity (Wildman–Crippen MR) is 70.4 cm³/mol. The van der Waals surface area contributed by atoms with E-state index in [-0.39, 0.29) is 0 Å². The number of nitrogens with two attached hydrogens (primary N) is 2. The van der Waals surface area contributed by atoms with Crippen LogP contribution in [0.4, 0.5) is 11.4 Å². The van der Waals surface area contributed by atoms with Gasteiger partial charge < -0.3 is 11.5 Å². The minimum atomic E-state index is 0.717. The first-order chi connectivity index (χ1) is 7.59. The molecule has 4 N–H and O–H groups in total. The van der Waals surface area contributed by atoms with Crippen LogP contribution in [0.25, 0.3) is 11.1 Å². The third-order valence-corrected chi connectivity index (χ3v) is 2.96. The van der Waals surface area contributed by atoms with E-state index in [1.54, 1.807) is 0 Å². The lowest BCUT2D eigenvalue weighted by molar-refractivity contribution is 1.46. The van der Waals surface area contributed by atoms with E-state index in [0.717, 1.165) is 33.1 Å². The Hall–Kier alpha value is -1.67. The molecule has 2 rings (SSSR count). The van der Waals surface area contributed by atoms with Crippen LogP contribution in [0.1, 0.15) is 5.56 Å². The first-order valence-corrected chi connectivity index (χ1v) is 5.38. The van der Waals surface area contributed by atoms with Gasteiger partial charge in [-0.25, -0.2) is 0 Å². The molecule has 0 radical (unpaired) electrons. The number of nitrogen functional groups attached to an aromatic ring is 2. The third kappa shape index (κ3) is 1.84. The molecule has 2 aromatic carbocycles. The van der Waals surface area contributed by atoms with Crippen LogP contribution >= 0.6 is 11.6 Å². The number of anilines is 2. The van der Waals surface area contributed by atoms with Crippen LogP contribution < -0.4 is 11.5 Å². The highest BCUT2D eigenvalue weighted by molar-refractivity contribution is 6.30. The second-order valence-electron chi connectivity index (χ2n) is 3.75. The Bertz CT molecular complexity index is 518. The van der Waals surface area contributed by atoms with Gasteiger partial charge in [-0.05, 0) is 36.2 Å². The Balaban J connectivity index is 2.57. The lowest BCUT2D eigenvalue weighted by atomic mass is 10.00. The van der Waals surface area contributed by atoms with Crippen LogP contribution in [0, 0.1) is 6.92 Å². The average molecular weight is 233 g/mol. The molecule has 0 atom stereocenters. The number of benzene rings is 2.